The number of ether oxygens (including phenoxy) is 1. The van der Waals surface area contributed by atoms with Crippen LogP contribution in [0.5, 0.6) is 0 Å². The van der Waals surface area contributed by atoms with Crippen LogP contribution in [-0.4, -0.2) is 41.6 Å². The number of piperidine rings is 1. The first-order valence-electron chi connectivity index (χ1n) is 5.65. The number of hydrogen-bond donors (Lipinski definition) is 1. The molecule has 2 rings (SSSR count). The molecular formula is C11H18N2O3. The van der Waals surface area contributed by atoms with E-state index in [0.717, 1.165) is 6.42 Å². The predicted molar refractivity (Wildman–Crippen MR) is 57.8 cm³/mol. The fraction of sp³-hybridized carbons (Fsp3) is 0.818. The smallest absolute Gasteiger partial charge is 0.318 e. The Kier molecular flexibility index (Phi) is 2.56. The quantitative estimate of drug-likeness (QED) is 0.706. The summed E-state index contributed by atoms with van der Waals surface area (Å²) in [5, 5.41) is 2.97. The Morgan fingerprint density at radius 3 is 2.88 bits per heavy atom. The van der Waals surface area contributed by atoms with Crippen molar-refractivity contribution in [2.75, 3.05) is 6.54 Å². The highest BCUT2D eigenvalue weighted by Crippen LogP contribution is 2.36. The number of nitrogens with one attached hydrogen (secondary N) is 1. The van der Waals surface area contributed by atoms with E-state index in [9.17, 15) is 9.59 Å². The van der Waals surface area contributed by atoms with Crippen molar-refractivity contribution >= 4 is 12.5 Å². The molecule has 0 spiro atoms. The number of carbonyl (C=O) groups is 2. The fourth-order valence-electron chi connectivity index (χ4n) is 3.11. The molecule has 0 radical (unpaired) electrons. The van der Waals surface area contributed by atoms with Gasteiger partial charge in [-0.05, 0) is 13.8 Å². The lowest BCUT2D eigenvalue weighted by Gasteiger charge is -2.42. The van der Waals surface area contributed by atoms with Crippen molar-refractivity contribution in [3.63, 3.8) is 0 Å². The lowest BCUT2D eigenvalue weighted by atomic mass is 9.79. The van der Waals surface area contributed by atoms with E-state index in [0.29, 0.717) is 13.0 Å². The van der Waals surface area contributed by atoms with E-state index in [2.05, 4.69) is 5.32 Å². The summed E-state index contributed by atoms with van der Waals surface area (Å²) in [6.45, 7) is 7.22. The molecule has 0 saturated carbocycles. The summed E-state index contributed by atoms with van der Waals surface area (Å²) in [5.74, 6) is 0.160. The maximum Gasteiger partial charge on any atom is 0.318 e. The zero-order chi connectivity index (χ0) is 11.9. The molecule has 5 nitrogen and oxygen atoms in total. The van der Waals surface area contributed by atoms with Gasteiger partial charge < -0.3 is 15.0 Å². The normalized spacial score (nSPS) is 36.6. The van der Waals surface area contributed by atoms with E-state index in [-0.39, 0.29) is 29.6 Å². The van der Waals surface area contributed by atoms with Crippen LogP contribution in [0.4, 0.5) is 4.79 Å². The van der Waals surface area contributed by atoms with E-state index in [1.54, 1.807) is 0 Å². The molecule has 0 aromatic heterocycles. The van der Waals surface area contributed by atoms with Crippen LogP contribution in [0, 0.1) is 5.92 Å². The Labute approximate surface area is 95.1 Å². The molecule has 16 heavy (non-hydrogen) atoms. The van der Waals surface area contributed by atoms with Crippen LogP contribution in [0.2, 0.25) is 0 Å². The molecule has 3 atom stereocenters. The first-order valence-corrected chi connectivity index (χ1v) is 5.65. The van der Waals surface area contributed by atoms with E-state index in [1.165, 1.54) is 0 Å². The zero-order valence-electron chi connectivity index (χ0n) is 9.90. The largest absolute Gasteiger partial charge is 0.464 e. The van der Waals surface area contributed by atoms with Gasteiger partial charge in [-0.1, -0.05) is 6.92 Å². The average Bonchev–Trinajstić information content (AvgIpc) is 2.42. The van der Waals surface area contributed by atoms with Gasteiger partial charge in [-0.3, -0.25) is 4.79 Å². The Morgan fingerprint density at radius 1 is 1.56 bits per heavy atom. The predicted octanol–water partition coefficient (Wildman–Crippen LogP) is 0.740. The van der Waals surface area contributed by atoms with Gasteiger partial charge in [-0.15, -0.1) is 0 Å². The molecule has 2 aliphatic heterocycles. The lowest BCUT2D eigenvalue weighted by Crippen LogP contribution is -2.55. The van der Waals surface area contributed by atoms with Gasteiger partial charge in [0.25, 0.3) is 6.47 Å². The molecule has 0 aromatic carbocycles. The van der Waals surface area contributed by atoms with Crippen molar-refractivity contribution in [3.05, 3.63) is 0 Å². The van der Waals surface area contributed by atoms with Crippen LogP contribution in [0.1, 0.15) is 27.2 Å². The standard InChI is InChI=1S/C11H18N2O3/c1-7-8(16-6-14)4-5-13-9(7)11(2,3)12-10(13)15/h6-9H,4-5H2,1-3H3,(H,12,15)/t7-,8+,9-/m0/s1. The number of nitrogens with zero attached hydrogens (tertiary/aromatic N) is 1. The molecule has 1 N–H and O–H groups in total. The van der Waals surface area contributed by atoms with Crippen molar-refractivity contribution in [2.24, 2.45) is 5.92 Å². The van der Waals surface area contributed by atoms with Crippen molar-refractivity contribution < 1.29 is 14.3 Å². The molecule has 5 heteroatoms. The number of rotatable bonds is 2. The third kappa shape index (κ3) is 1.54. The van der Waals surface area contributed by atoms with Gasteiger partial charge in [0.15, 0.2) is 0 Å². The van der Waals surface area contributed by atoms with E-state index in [1.807, 2.05) is 25.7 Å². The van der Waals surface area contributed by atoms with Crippen LogP contribution in [0.3, 0.4) is 0 Å². The average molecular weight is 226 g/mol. The van der Waals surface area contributed by atoms with Gasteiger partial charge in [0, 0.05) is 18.9 Å². The summed E-state index contributed by atoms with van der Waals surface area (Å²) >= 11 is 0. The monoisotopic (exact) mass is 226 g/mol. The second-order valence-corrected chi connectivity index (χ2v) is 5.21. The van der Waals surface area contributed by atoms with Crippen molar-refractivity contribution in [1.82, 2.24) is 10.2 Å². The summed E-state index contributed by atoms with van der Waals surface area (Å²) in [7, 11) is 0. The molecule has 2 heterocycles. The molecule has 2 aliphatic rings. The van der Waals surface area contributed by atoms with Crippen LogP contribution in [-0.2, 0) is 9.53 Å². The second kappa shape index (κ2) is 3.64. The topological polar surface area (TPSA) is 58.6 Å². The lowest BCUT2D eigenvalue weighted by molar-refractivity contribution is -0.140. The van der Waals surface area contributed by atoms with Gasteiger partial charge >= 0.3 is 6.03 Å². The minimum Gasteiger partial charge on any atom is -0.464 e. The molecule has 0 aliphatic carbocycles. The zero-order valence-corrected chi connectivity index (χ0v) is 9.90. The molecule has 0 aromatic rings. The minimum atomic E-state index is -0.262. The Morgan fingerprint density at radius 2 is 2.25 bits per heavy atom. The third-order valence-corrected chi connectivity index (χ3v) is 3.73. The van der Waals surface area contributed by atoms with E-state index < -0.39 is 0 Å². The summed E-state index contributed by atoms with van der Waals surface area (Å²) in [6, 6.07) is 0.0881. The van der Waals surface area contributed by atoms with E-state index >= 15 is 0 Å². The van der Waals surface area contributed by atoms with Crippen molar-refractivity contribution in [3.8, 4) is 0 Å². The van der Waals surface area contributed by atoms with Crippen molar-refractivity contribution in [2.45, 2.75) is 44.9 Å². The fourth-order valence-corrected chi connectivity index (χ4v) is 3.11. The summed E-state index contributed by atoms with van der Waals surface area (Å²) in [5.41, 5.74) is -0.262. The molecular weight excluding hydrogens is 208 g/mol. The third-order valence-electron chi connectivity index (χ3n) is 3.73. The second-order valence-electron chi connectivity index (χ2n) is 5.21. The Bertz CT molecular complexity index is 316. The van der Waals surface area contributed by atoms with E-state index in [4.69, 9.17) is 4.74 Å². The van der Waals surface area contributed by atoms with Gasteiger partial charge in [-0.25, -0.2) is 4.79 Å². The molecule has 2 fully saturated rings. The molecule has 0 unspecified atom stereocenters. The maximum absolute atomic E-state index is 11.7. The molecule has 2 saturated heterocycles. The highest BCUT2D eigenvalue weighted by atomic mass is 16.5. The maximum atomic E-state index is 11.7. The SMILES string of the molecule is C[C@@H]1[C@@H]2N(CC[C@H]1OC=O)C(=O)NC2(C)C. The van der Waals surface area contributed by atoms with Gasteiger partial charge in [-0.2, -0.15) is 0 Å². The van der Waals surface area contributed by atoms with Gasteiger partial charge in [0.05, 0.1) is 11.6 Å². The van der Waals surface area contributed by atoms with Gasteiger partial charge in [0.1, 0.15) is 6.10 Å². The van der Waals surface area contributed by atoms with Crippen LogP contribution < -0.4 is 5.32 Å². The highest BCUT2D eigenvalue weighted by Gasteiger charge is 2.52. The highest BCUT2D eigenvalue weighted by molar-refractivity contribution is 5.78. The number of amides is 2. The summed E-state index contributed by atoms with van der Waals surface area (Å²) < 4.78 is 5.09. The first kappa shape index (κ1) is 11.2. The molecule has 2 amide bonds. The molecule has 0 bridgehead atoms. The molecule has 90 valence electrons. The summed E-state index contributed by atoms with van der Waals surface area (Å²) in [4.78, 5) is 24.0. The van der Waals surface area contributed by atoms with Crippen LogP contribution in [0.15, 0.2) is 0 Å². The van der Waals surface area contributed by atoms with Crippen molar-refractivity contribution in [1.29, 1.82) is 0 Å². The number of carbonyl (C=O) groups excluding carboxylic acids is 2. The van der Waals surface area contributed by atoms with Crippen LogP contribution in [0.25, 0.3) is 0 Å². The Balaban J connectivity index is 2.21. The Hall–Kier alpha value is -1.26. The minimum absolute atomic E-state index is 0.00796. The van der Waals surface area contributed by atoms with Crippen LogP contribution >= 0.6 is 0 Å². The van der Waals surface area contributed by atoms with Gasteiger partial charge in [0.2, 0.25) is 0 Å². The number of fused-ring (bicyclic) bond motifs is 1. The number of urea groups is 1. The first-order chi connectivity index (χ1) is 7.47. The number of hydrogen-bond acceptors (Lipinski definition) is 3. The summed E-state index contributed by atoms with van der Waals surface area (Å²) in [6.07, 6.45) is 0.644.